The van der Waals surface area contributed by atoms with Gasteiger partial charge in [-0.05, 0) is 31.9 Å². The van der Waals surface area contributed by atoms with Crippen molar-refractivity contribution in [1.29, 1.82) is 0 Å². The zero-order chi connectivity index (χ0) is 9.52. The third-order valence-corrected chi connectivity index (χ3v) is 2.07. The second-order valence-electron chi connectivity index (χ2n) is 3.52. The first-order chi connectivity index (χ1) is 6.29. The Kier molecular flexibility index (Phi) is 5.05. The van der Waals surface area contributed by atoms with E-state index < -0.39 is 0 Å². The van der Waals surface area contributed by atoms with Crippen molar-refractivity contribution in [1.82, 2.24) is 5.32 Å². The molecular formula is C10H19NO2. The molecule has 0 spiro atoms. The topological polar surface area (TPSA) is 41.5 Å². The van der Waals surface area contributed by atoms with Crippen LogP contribution in [-0.2, 0) is 4.74 Å². The summed E-state index contributed by atoms with van der Waals surface area (Å²) in [6.45, 7) is 5.20. The Labute approximate surface area is 79.8 Å². The van der Waals surface area contributed by atoms with Crippen LogP contribution in [-0.4, -0.2) is 37.5 Å². The molecule has 0 aromatic rings. The van der Waals surface area contributed by atoms with Gasteiger partial charge in [0.25, 0.3) is 0 Å². The van der Waals surface area contributed by atoms with Crippen LogP contribution >= 0.6 is 0 Å². The molecular weight excluding hydrogens is 166 g/mol. The Morgan fingerprint density at radius 1 is 1.69 bits per heavy atom. The zero-order valence-corrected chi connectivity index (χ0v) is 8.25. The van der Waals surface area contributed by atoms with E-state index in [0.717, 1.165) is 39.1 Å². The molecule has 0 saturated heterocycles. The first kappa shape index (κ1) is 10.7. The summed E-state index contributed by atoms with van der Waals surface area (Å²) in [5.74, 6) is 0. The average Bonchev–Trinajstić information content (AvgIpc) is 2.14. The van der Waals surface area contributed by atoms with E-state index >= 15 is 0 Å². The molecule has 1 atom stereocenters. The number of nitrogens with one attached hydrogen (secondary N) is 1. The van der Waals surface area contributed by atoms with Gasteiger partial charge in [-0.3, -0.25) is 0 Å². The van der Waals surface area contributed by atoms with E-state index in [2.05, 4.69) is 11.4 Å². The second-order valence-corrected chi connectivity index (χ2v) is 3.52. The highest BCUT2D eigenvalue weighted by molar-refractivity contribution is 5.06. The van der Waals surface area contributed by atoms with Crippen molar-refractivity contribution in [3.05, 3.63) is 11.6 Å². The van der Waals surface area contributed by atoms with Crippen molar-refractivity contribution in [2.75, 3.05) is 26.3 Å². The lowest BCUT2D eigenvalue weighted by Crippen LogP contribution is -2.24. The molecule has 1 heterocycles. The maximum atomic E-state index is 9.01. The summed E-state index contributed by atoms with van der Waals surface area (Å²) in [5.41, 5.74) is 1.33. The van der Waals surface area contributed by atoms with Gasteiger partial charge in [0.05, 0.1) is 19.3 Å². The van der Waals surface area contributed by atoms with Crippen molar-refractivity contribution in [2.45, 2.75) is 25.9 Å². The van der Waals surface area contributed by atoms with Gasteiger partial charge in [-0.2, -0.15) is 0 Å². The molecule has 1 unspecified atom stereocenters. The fraction of sp³-hybridized carbons (Fsp3) is 0.800. The fourth-order valence-corrected chi connectivity index (χ4v) is 1.29. The van der Waals surface area contributed by atoms with Crippen molar-refractivity contribution in [3.8, 4) is 0 Å². The Morgan fingerprint density at radius 3 is 3.15 bits per heavy atom. The van der Waals surface area contributed by atoms with Crippen LogP contribution in [0.2, 0.25) is 0 Å². The largest absolute Gasteiger partial charge is 0.393 e. The highest BCUT2D eigenvalue weighted by atomic mass is 16.5. The summed E-state index contributed by atoms with van der Waals surface area (Å²) in [4.78, 5) is 0. The van der Waals surface area contributed by atoms with E-state index in [-0.39, 0.29) is 6.10 Å². The van der Waals surface area contributed by atoms with Gasteiger partial charge < -0.3 is 15.2 Å². The molecule has 0 aliphatic carbocycles. The van der Waals surface area contributed by atoms with Crippen molar-refractivity contribution in [2.24, 2.45) is 0 Å². The third kappa shape index (κ3) is 5.03. The monoisotopic (exact) mass is 185 g/mol. The Hall–Kier alpha value is -0.380. The smallest absolute Gasteiger partial charge is 0.0689 e. The molecule has 0 aromatic carbocycles. The number of hydrogen-bond acceptors (Lipinski definition) is 3. The maximum absolute atomic E-state index is 9.01. The van der Waals surface area contributed by atoms with Gasteiger partial charge in [-0.15, -0.1) is 0 Å². The van der Waals surface area contributed by atoms with Crippen molar-refractivity contribution < 1.29 is 9.84 Å². The lowest BCUT2D eigenvalue weighted by molar-refractivity contribution is 0.148. The first-order valence-electron chi connectivity index (χ1n) is 4.93. The van der Waals surface area contributed by atoms with Gasteiger partial charge in [-0.1, -0.05) is 6.08 Å². The highest BCUT2D eigenvalue weighted by Gasteiger charge is 2.02. The number of hydrogen-bond donors (Lipinski definition) is 2. The van der Waals surface area contributed by atoms with E-state index in [1.54, 1.807) is 0 Å². The molecule has 1 rings (SSSR count). The molecule has 3 heteroatoms. The van der Waals surface area contributed by atoms with Crippen LogP contribution in [0.1, 0.15) is 19.8 Å². The molecule has 13 heavy (non-hydrogen) atoms. The lowest BCUT2D eigenvalue weighted by atomic mass is 10.2. The molecule has 1 aliphatic rings. The summed E-state index contributed by atoms with van der Waals surface area (Å²) in [6, 6.07) is 0. The molecule has 76 valence electrons. The summed E-state index contributed by atoms with van der Waals surface area (Å²) in [6.07, 6.45) is 3.88. The quantitative estimate of drug-likeness (QED) is 0.489. The van der Waals surface area contributed by atoms with E-state index in [1.807, 2.05) is 6.92 Å². The lowest BCUT2D eigenvalue weighted by Gasteiger charge is -2.14. The van der Waals surface area contributed by atoms with Crippen LogP contribution in [0.25, 0.3) is 0 Å². The van der Waals surface area contributed by atoms with Gasteiger partial charge in [0.1, 0.15) is 0 Å². The summed E-state index contributed by atoms with van der Waals surface area (Å²) >= 11 is 0. The highest BCUT2D eigenvalue weighted by Crippen LogP contribution is 2.03. The molecule has 0 saturated carbocycles. The van der Waals surface area contributed by atoms with Gasteiger partial charge in [-0.25, -0.2) is 0 Å². The molecule has 0 aromatic heterocycles. The maximum Gasteiger partial charge on any atom is 0.0689 e. The van der Waals surface area contributed by atoms with E-state index in [1.165, 1.54) is 5.57 Å². The average molecular weight is 185 g/mol. The normalized spacial score (nSPS) is 19.7. The molecule has 1 aliphatic heterocycles. The summed E-state index contributed by atoms with van der Waals surface area (Å²) in [7, 11) is 0. The number of aliphatic hydroxyl groups excluding tert-OH is 1. The van der Waals surface area contributed by atoms with Crippen molar-refractivity contribution in [3.63, 3.8) is 0 Å². The van der Waals surface area contributed by atoms with Crippen molar-refractivity contribution >= 4 is 0 Å². The Balaban J connectivity index is 2.01. The van der Waals surface area contributed by atoms with E-state index in [0.29, 0.717) is 0 Å². The molecule has 0 amide bonds. The zero-order valence-electron chi connectivity index (χ0n) is 8.25. The minimum Gasteiger partial charge on any atom is -0.393 e. The Bertz CT molecular complexity index is 166. The van der Waals surface area contributed by atoms with Gasteiger partial charge >= 0.3 is 0 Å². The van der Waals surface area contributed by atoms with Crippen LogP contribution < -0.4 is 5.32 Å². The fourth-order valence-electron chi connectivity index (χ4n) is 1.29. The SMILES string of the molecule is CC(O)CCNCC1=CCCOC1. The summed E-state index contributed by atoms with van der Waals surface area (Å²) in [5, 5.41) is 12.3. The standard InChI is InChI=1S/C10H19NO2/c1-9(12)4-5-11-7-10-3-2-6-13-8-10/h3,9,11-12H,2,4-8H2,1H3. The van der Waals surface area contributed by atoms with Crippen LogP contribution in [0.15, 0.2) is 11.6 Å². The van der Waals surface area contributed by atoms with Crippen LogP contribution in [0.5, 0.6) is 0 Å². The molecule has 3 nitrogen and oxygen atoms in total. The molecule has 2 N–H and O–H groups in total. The predicted octanol–water partition coefficient (Wildman–Crippen LogP) is 0.694. The van der Waals surface area contributed by atoms with Crippen LogP contribution in [0.4, 0.5) is 0 Å². The number of ether oxygens (including phenoxy) is 1. The minimum absolute atomic E-state index is 0.205. The minimum atomic E-state index is -0.205. The van der Waals surface area contributed by atoms with Gasteiger partial charge in [0, 0.05) is 6.54 Å². The second kappa shape index (κ2) is 6.13. The third-order valence-electron chi connectivity index (χ3n) is 2.07. The summed E-state index contributed by atoms with van der Waals surface area (Å²) < 4.78 is 5.30. The van der Waals surface area contributed by atoms with E-state index in [9.17, 15) is 0 Å². The van der Waals surface area contributed by atoms with E-state index in [4.69, 9.17) is 9.84 Å². The molecule has 0 radical (unpaired) electrons. The predicted molar refractivity (Wildman–Crippen MR) is 52.7 cm³/mol. The van der Waals surface area contributed by atoms with Gasteiger partial charge in [0.2, 0.25) is 0 Å². The van der Waals surface area contributed by atoms with Crippen LogP contribution in [0, 0.1) is 0 Å². The van der Waals surface area contributed by atoms with Gasteiger partial charge in [0.15, 0.2) is 0 Å². The van der Waals surface area contributed by atoms with Crippen LogP contribution in [0.3, 0.4) is 0 Å². The first-order valence-corrected chi connectivity index (χ1v) is 4.93. The molecule has 0 fully saturated rings. The number of rotatable bonds is 5. The number of aliphatic hydroxyl groups is 1. The molecule has 0 bridgehead atoms. The Morgan fingerprint density at radius 2 is 2.54 bits per heavy atom.